The lowest BCUT2D eigenvalue weighted by Gasteiger charge is -2.45. The number of piperidine rings is 1. The lowest BCUT2D eigenvalue weighted by Crippen LogP contribution is -2.47. The van der Waals surface area contributed by atoms with Crippen LogP contribution < -0.4 is 11.1 Å². The Bertz CT molecular complexity index is 1200. The summed E-state index contributed by atoms with van der Waals surface area (Å²) in [5.41, 5.74) is 10.8. The Kier molecular flexibility index (Phi) is 7.26. The number of carbonyl (C=O) groups is 2. The summed E-state index contributed by atoms with van der Waals surface area (Å²) in [6.45, 7) is 6.55. The second-order valence-corrected chi connectivity index (χ2v) is 9.18. The van der Waals surface area contributed by atoms with Crippen LogP contribution in [0.3, 0.4) is 0 Å². The van der Waals surface area contributed by atoms with E-state index in [2.05, 4.69) is 36.2 Å². The number of rotatable bonds is 8. The number of furan rings is 1. The monoisotopic (exact) mass is 475 g/mol. The average molecular weight is 476 g/mol. The Balaban J connectivity index is 1.89. The Morgan fingerprint density at radius 1 is 1.11 bits per heavy atom. The number of benzene rings is 2. The molecule has 7 heteroatoms. The maximum Gasteiger partial charge on any atom is 0.409 e. The number of hydrogen-bond acceptors (Lipinski definition) is 4. The molecule has 35 heavy (non-hydrogen) atoms. The molecule has 2 heterocycles. The molecule has 2 amide bonds. The van der Waals surface area contributed by atoms with Crippen LogP contribution in [0.25, 0.3) is 0 Å². The molecule has 7 nitrogen and oxygen atoms in total. The Hall–Kier alpha value is -3.58. The van der Waals surface area contributed by atoms with Crippen LogP contribution in [0.15, 0.2) is 59.2 Å². The Labute approximate surface area is 205 Å². The summed E-state index contributed by atoms with van der Waals surface area (Å²) in [5, 5.41) is 11.8. The largest absolute Gasteiger partial charge is 0.468 e. The van der Waals surface area contributed by atoms with Gasteiger partial charge in [0.05, 0.1) is 12.8 Å². The predicted octanol–water partition coefficient (Wildman–Crippen LogP) is 5.18. The molecule has 0 bridgehead atoms. The third-order valence-corrected chi connectivity index (χ3v) is 7.12. The van der Waals surface area contributed by atoms with Gasteiger partial charge in [-0.1, -0.05) is 32.0 Å². The Morgan fingerprint density at radius 3 is 2.57 bits per heavy atom. The van der Waals surface area contributed by atoms with Gasteiger partial charge in [0.25, 0.3) is 0 Å². The first-order valence-electron chi connectivity index (χ1n) is 12.2. The molecule has 1 fully saturated rings. The average Bonchev–Trinajstić information content (AvgIpc) is 3.35. The number of nitrogens with two attached hydrogens (primary N) is 1. The number of anilines is 1. The van der Waals surface area contributed by atoms with Crippen molar-refractivity contribution in [3.05, 3.63) is 88.4 Å². The van der Waals surface area contributed by atoms with Crippen molar-refractivity contribution < 1.29 is 19.1 Å². The molecule has 0 saturated carbocycles. The summed E-state index contributed by atoms with van der Waals surface area (Å²) in [5.74, 6) is 0.504. The van der Waals surface area contributed by atoms with E-state index in [9.17, 15) is 14.7 Å². The van der Waals surface area contributed by atoms with Crippen LogP contribution in [0.2, 0.25) is 0 Å². The van der Waals surface area contributed by atoms with E-state index >= 15 is 0 Å². The van der Waals surface area contributed by atoms with Crippen LogP contribution in [0.5, 0.6) is 0 Å². The van der Waals surface area contributed by atoms with E-state index in [4.69, 9.17) is 10.2 Å². The highest BCUT2D eigenvalue weighted by Crippen LogP contribution is 2.44. The molecule has 0 aliphatic carbocycles. The summed E-state index contributed by atoms with van der Waals surface area (Å²) in [4.78, 5) is 25.9. The molecule has 1 saturated heterocycles. The fraction of sp³-hybridized carbons (Fsp3) is 0.357. The highest BCUT2D eigenvalue weighted by atomic mass is 16.4. The second-order valence-electron chi connectivity index (χ2n) is 9.18. The van der Waals surface area contributed by atoms with Gasteiger partial charge in [0.15, 0.2) is 0 Å². The van der Waals surface area contributed by atoms with Crippen molar-refractivity contribution >= 4 is 17.7 Å². The summed E-state index contributed by atoms with van der Waals surface area (Å²) in [6.07, 6.45) is 3.96. The molecule has 1 aliphatic heterocycles. The molecule has 1 aromatic heterocycles. The van der Waals surface area contributed by atoms with Crippen LogP contribution in [0, 0.1) is 0 Å². The lowest BCUT2D eigenvalue weighted by molar-refractivity contribution is 0.0999. The van der Waals surface area contributed by atoms with Crippen molar-refractivity contribution in [2.75, 3.05) is 18.4 Å². The van der Waals surface area contributed by atoms with Gasteiger partial charge in [-0.3, -0.25) is 15.0 Å². The first kappa shape index (κ1) is 24.5. The normalized spacial score (nSPS) is 18.3. The zero-order valence-electron chi connectivity index (χ0n) is 20.3. The number of carboxylic acid groups (broad SMARTS) is 1. The van der Waals surface area contributed by atoms with Gasteiger partial charge < -0.3 is 15.3 Å². The number of likely N-dealkylation sites (tertiary alicyclic amines) is 1. The van der Waals surface area contributed by atoms with Gasteiger partial charge in [-0.25, -0.2) is 4.79 Å². The number of nitrogens with zero attached hydrogens (tertiary/aromatic N) is 1. The smallest absolute Gasteiger partial charge is 0.409 e. The van der Waals surface area contributed by atoms with Gasteiger partial charge in [0.2, 0.25) is 5.91 Å². The van der Waals surface area contributed by atoms with E-state index in [1.165, 1.54) is 5.56 Å². The highest BCUT2D eigenvalue weighted by Gasteiger charge is 2.41. The van der Waals surface area contributed by atoms with Gasteiger partial charge in [-0.05, 0) is 84.8 Å². The molecule has 1 atom stereocenters. The van der Waals surface area contributed by atoms with Crippen molar-refractivity contribution in [1.29, 1.82) is 0 Å². The summed E-state index contributed by atoms with van der Waals surface area (Å²) >= 11 is 0. The number of carbonyl (C=O) groups excluding carboxylic acids is 1. The maximum absolute atomic E-state index is 12.2. The minimum Gasteiger partial charge on any atom is -0.468 e. The third-order valence-electron chi connectivity index (χ3n) is 7.12. The van der Waals surface area contributed by atoms with E-state index in [1.54, 1.807) is 12.3 Å². The topological polar surface area (TPSA) is 109 Å². The molecular formula is C28H33N3O4. The maximum atomic E-state index is 12.2. The minimum atomic E-state index is -1.09. The number of primary amides is 1. The SMILES string of the molecule is CCc1c(C(N)=O)ccc(C2(c3cccc(NC(=O)O)c3)CCCN(Cc3ccco3)C2)c1CC. The van der Waals surface area contributed by atoms with Gasteiger partial charge in [-0.15, -0.1) is 0 Å². The quantitative estimate of drug-likeness (QED) is 0.416. The second kappa shape index (κ2) is 10.4. The third kappa shape index (κ3) is 4.95. The van der Waals surface area contributed by atoms with E-state index in [0.29, 0.717) is 24.2 Å². The van der Waals surface area contributed by atoms with Gasteiger partial charge >= 0.3 is 6.09 Å². The first-order chi connectivity index (χ1) is 16.9. The fourth-order valence-corrected chi connectivity index (χ4v) is 5.71. The number of amides is 2. The van der Waals surface area contributed by atoms with E-state index in [0.717, 1.165) is 54.8 Å². The number of nitrogens with one attached hydrogen (secondary N) is 1. The molecule has 0 radical (unpaired) electrons. The van der Waals surface area contributed by atoms with Crippen LogP contribution >= 0.6 is 0 Å². The van der Waals surface area contributed by atoms with Crippen molar-refractivity contribution in [2.24, 2.45) is 5.73 Å². The molecule has 0 spiro atoms. The zero-order chi connectivity index (χ0) is 25.0. The first-order valence-corrected chi connectivity index (χ1v) is 12.2. The molecule has 4 rings (SSSR count). The van der Waals surface area contributed by atoms with Crippen molar-refractivity contribution in [3.8, 4) is 0 Å². The molecule has 4 N–H and O–H groups in total. The van der Waals surface area contributed by atoms with Gasteiger partial charge in [0, 0.05) is 23.2 Å². The summed E-state index contributed by atoms with van der Waals surface area (Å²) in [7, 11) is 0. The lowest BCUT2D eigenvalue weighted by atomic mass is 9.66. The zero-order valence-corrected chi connectivity index (χ0v) is 20.3. The van der Waals surface area contributed by atoms with Crippen molar-refractivity contribution in [3.63, 3.8) is 0 Å². The van der Waals surface area contributed by atoms with Crippen molar-refractivity contribution in [1.82, 2.24) is 4.90 Å². The molecule has 184 valence electrons. The minimum absolute atomic E-state index is 0.382. The van der Waals surface area contributed by atoms with Crippen LogP contribution in [0.4, 0.5) is 10.5 Å². The highest BCUT2D eigenvalue weighted by molar-refractivity contribution is 5.95. The van der Waals surface area contributed by atoms with E-state index < -0.39 is 12.0 Å². The Morgan fingerprint density at radius 2 is 1.91 bits per heavy atom. The van der Waals surface area contributed by atoms with Crippen LogP contribution in [-0.4, -0.2) is 35.1 Å². The molecule has 3 aromatic rings. The van der Waals surface area contributed by atoms with E-state index in [1.807, 2.05) is 30.3 Å². The molecular weight excluding hydrogens is 442 g/mol. The van der Waals surface area contributed by atoms with Crippen molar-refractivity contribution in [2.45, 2.75) is 51.5 Å². The standard InChI is InChI=1S/C28H33N3O4/c1-3-22-23(4-2)25(12-11-24(22)26(29)32)28(19-8-5-9-20(16-19)30-27(33)34)13-7-14-31(18-28)17-21-10-6-15-35-21/h5-6,8-12,15-16,30H,3-4,7,13-14,17-18H2,1-2H3,(H2,29,32)(H,33,34). The summed E-state index contributed by atoms with van der Waals surface area (Å²) < 4.78 is 5.63. The van der Waals surface area contributed by atoms with Crippen LogP contribution in [-0.2, 0) is 24.8 Å². The number of hydrogen-bond donors (Lipinski definition) is 3. The molecule has 1 aliphatic rings. The fourth-order valence-electron chi connectivity index (χ4n) is 5.71. The van der Waals surface area contributed by atoms with Gasteiger partial charge in [-0.2, -0.15) is 0 Å². The van der Waals surface area contributed by atoms with E-state index in [-0.39, 0.29) is 5.41 Å². The van der Waals surface area contributed by atoms with Gasteiger partial charge in [0.1, 0.15) is 5.76 Å². The van der Waals surface area contributed by atoms with Crippen LogP contribution in [0.1, 0.15) is 65.1 Å². The summed E-state index contributed by atoms with van der Waals surface area (Å²) in [6, 6.07) is 15.5. The predicted molar refractivity (Wildman–Crippen MR) is 136 cm³/mol. The molecule has 2 aromatic carbocycles. The molecule has 1 unspecified atom stereocenters.